The second-order valence-electron chi connectivity index (χ2n) is 5.32. The lowest BCUT2D eigenvalue weighted by atomic mass is 9.95. The van der Waals surface area contributed by atoms with E-state index in [1.54, 1.807) is 27.7 Å². The van der Waals surface area contributed by atoms with Gasteiger partial charge in [0, 0.05) is 0 Å². The molecule has 7 nitrogen and oxygen atoms in total. The van der Waals surface area contributed by atoms with E-state index in [1.807, 2.05) is 30.3 Å². The monoisotopic (exact) mass is 387 g/mol. The van der Waals surface area contributed by atoms with Crippen LogP contribution >= 0.6 is 11.6 Å². The van der Waals surface area contributed by atoms with Crippen molar-refractivity contribution in [1.82, 2.24) is 5.48 Å². The maximum Gasteiger partial charge on any atom is 0.339 e. The molecule has 0 aliphatic heterocycles. The fraction of sp³-hybridized carbons (Fsp3) is 0.500. The SMILES string of the molecule is CCOC(=O)C(Cl)(C(=O)OCC)C(C)C.O=CNOCc1ccccc1. The summed E-state index contributed by atoms with van der Waals surface area (Å²) in [6.07, 6.45) is 0.503. The van der Waals surface area contributed by atoms with Crippen molar-refractivity contribution in [2.75, 3.05) is 13.2 Å². The number of ether oxygens (including phenoxy) is 2. The third kappa shape index (κ3) is 7.84. The summed E-state index contributed by atoms with van der Waals surface area (Å²) in [5.74, 6) is -1.89. The standard InChI is InChI=1S/C10H17ClO4.C8H9NO2/c1-5-14-8(12)10(11,7(3)4)9(13)15-6-2;10-7-9-11-6-8-4-2-1-3-5-8/h7H,5-6H2,1-4H3;1-5,7H,6H2,(H,9,10). The number of carbonyl (C=O) groups excluding carboxylic acids is 3. The minimum absolute atomic E-state index is 0.180. The maximum atomic E-state index is 11.6. The smallest absolute Gasteiger partial charge is 0.339 e. The second kappa shape index (κ2) is 13.1. The molecule has 0 bridgehead atoms. The molecule has 146 valence electrons. The van der Waals surface area contributed by atoms with Crippen molar-refractivity contribution >= 4 is 29.9 Å². The number of amides is 1. The van der Waals surface area contributed by atoms with E-state index in [4.69, 9.17) is 25.9 Å². The van der Waals surface area contributed by atoms with Gasteiger partial charge in [-0.1, -0.05) is 55.8 Å². The molecule has 8 heteroatoms. The predicted octanol–water partition coefficient (Wildman–Crippen LogP) is 2.61. The van der Waals surface area contributed by atoms with Crippen LogP contribution in [0.4, 0.5) is 0 Å². The van der Waals surface area contributed by atoms with E-state index in [9.17, 15) is 14.4 Å². The van der Waals surface area contributed by atoms with E-state index >= 15 is 0 Å². The summed E-state index contributed by atoms with van der Waals surface area (Å²) in [7, 11) is 0. The molecule has 1 rings (SSSR count). The van der Waals surface area contributed by atoms with Gasteiger partial charge in [-0.2, -0.15) is 0 Å². The van der Waals surface area contributed by atoms with Gasteiger partial charge in [-0.25, -0.2) is 15.1 Å². The summed E-state index contributed by atoms with van der Waals surface area (Å²) in [5.41, 5.74) is 3.15. The zero-order chi connectivity index (χ0) is 20.0. The largest absolute Gasteiger partial charge is 0.464 e. The molecule has 1 aromatic carbocycles. The van der Waals surface area contributed by atoms with Crippen molar-refractivity contribution < 1.29 is 28.7 Å². The van der Waals surface area contributed by atoms with E-state index in [-0.39, 0.29) is 13.2 Å². The van der Waals surface area contributed by atoms with Crippen molar-refractivity contribution in [3.05, 3.63) is 35.9 Å². The van der Waals surface area contributed by atoms with Crippen molar-refractivity contribution in [3.8, 4) is 0 Å². The van der Waals surface area contributed by atoms with Crippen molar-refractivity contribution in [2.24, 2.45) is 5.92 Å². The van der Waals surface area contributed by atoms with Crippen LogP contribution in [0.5, 0.6) is 0 Å². The number of rotatable bonds is 9. The number of esters is 2. The minimum Gasteiger partial charge on any atom is -0.464 e. The summed E-state index contributed by atoms with van der Waals surface area (Å²) < 4.78 is 9.53. The Bertz CT molecular complexity index is 532. The number of benzene rings is 1. The molecule has 0 saturated heterocycles. The first-order chi connectivity index (χ1) is 12.3. The molecule has 0 heterocycles. The number of alkyl halides is 1. The van der Waals surface area contributed by atoms with Gasteiger partial charge in [-0.05, 0) is 25.3 Å². The number of carbonyl (C=O) groups is 3. The number of hydroxylamine groups is 1. The van der Waals surface area contributed by atoms with Gasteiger partial charge in [0.1, 0.15) is 0 Å². The fourth-order valence-electron chi connectivity index (χ4n) is 1.76. The van der Waals surface area contributed by atoms with Crippen LogP contribution in [-0.2, 0) is 35.3 Å². The summed E-state index contributed by atoms with van der Waals surface area (Å²) in [6, 6.07) is 9.61. The number of hydrogen-bond acceptors (Lipinski definition) is 6. The molecule has 0 fully saturated rings. The molecule has 1 amide bonds. The van der Waals surface area contributed by atoms with Gasteiger partial charge in [0.05, 0.1) is 19.8 Å². The summed E-state index contributed by atoms with van der Waals surface area (Å²) in [6.45, 7) is 7.40. The average molecular weight is 388 g/mol. The molecule has 0 saturated carbocycles. The molecular formula is C18H26ClNO6. The van der Waals surface area contributed by atoms with Crippen LogP contribution in [0.3, 0.4) is 0 Å². The third-order valence-corrected chi connectivity index (χ3v) is 3.90. The van der Waals surface area contributed by atoms with E-state index in [1.165, 1.54) is 0 Å². The van der Waals surface area contributed by atoms with Crippen molar-refractivity contribution in [3.63, 3.8) is 0 Å². The summed E-state index contributed by atoms with van der Waals surface area (Å²) in [5, 5.41) is 0. The summed E-state index contributed by atoms with van der Waals surface area (Å²) in [4.78, 5) is 35.9. The third-order valence-electron chi connectivity index (χ3n) is 3.15. The Kier molecular flexibility index (Phi) is 12.1. The average Bonchev–Trinajstić information content (AvgIpc) is 2.63. The Balaban J connectivity index is 0.000000502. The number of nitrogens with one attached hydrogen (secondary N) is 1. The molecular weight excluding hydrogens is 362 g/mol. The highest BCUT2D eigenvalue weighted by Crippen LogP contribution is 2.28. The molecule has 0 aromatic heterocycles. The quantitative estimate of drug-likeness (QED) is 0.175. The molecule has 0 spiro atoms. The second-order valence-corrected chi connectivity index (χ2v) is 5.91. The topological polar surface area (TPSA) is 90.9 Å². The molecule has 0 aliphatic carbocycles. The highest BCUT2D eigenvalue weighted by atomic mass is 35.5. The zero-order valence-corrected chi connectivity index (χ0v) is 16.2. The molecule has 0 radical (unpaired) electrons. The lowest BCUT2D eigenvalue weighted by Crippen LogP contribution is -2.48. The molecule has 0 atom stereocenters. The van der Waals surface area contributed by atoms with Crippen LogP contribution in [0.2, 0.25) is 0 Å². The van der Waals surface area contributed by atoms with Crippen LogP contribution in [0.1, 0.15) is 33.3 Å². The molecule has 1 N–H and O–H groups in total. The molecule has 26 heavy (non-hydrogen) atoms. The van der Waals surface area contributed by atoms with Crippen LogP contribution in [0.15, 0.2) is 30.3 Å². The Morgan fingerprint density at radius 1 is 1.12 bits per heavy atom. The van der Waals surface area contributed by atoms with E-state index < -0.39 is 22.7 Å². The molecule has 0 unspecified atom stereocenters. The molecule has 0 aliphatic rings. The number of halogens is 1. The lowest BCUT2D eigenvalue weighted by molar-refractivity contribution is -0.161. The Hall–Kier alpha value is -2.12. The van der Waals surface area contributed by atoms with Gasteiger partial charge < -0.3 is 9.47 Å². The maximum absolute atomic E-state index is 11.6. The summed E-state index contributed by atoms with van der Waals surface area (Å²) >= 11 is 5.98. The van der Waals surface area contributed by atoms with E-state index in [2.05, 4.69) is 5.48 Å². The van der Waals surface area contributed by atoms with Gasteiger partial charge >= 0.3 is 11.9 Å². The normalized spacial score (nSPS) is 10.4. The highest BCUT2D eigenvalue weighted by molar-refractivity contribution is 6.44. The van der Waals surface area contributed by atoms with Crippen LogP contribution < -0.4 is 5.48 Å². The van der Waals surface area contributed by atoms with Gasteiger partial charge in [0.25, 0.3) is 0 Å². The van der Waals surface area contributed by atoms with Crippen LogP contribution in [0.25, 0.3) is 0 Å². The lowest BCUT2D eigenvalue weighted by Gasteiger charge is -2.25. The minimum atomic E-state index is -1.73. The van der Waals surface area contributed by atoms with Crippen molar-refractivity contribution in [2.45, 2.75) is 39.2 Å². The van der Waals surface area contributed by atoms with Gasteiger partial charge in [-0.15, -0.1) is 0 Å². The fourth-order valence-corrected chi connectivity index (χ4v) is 1.87. The zero-order valence-electron chi connectivity index (χ0n) is 15.5. The van der Waals surface area contributed by atoms with Gasteiger partial charge in [0.15, 0.2) is 0 Å². The van der Waals surface area contributed by atoms with Crippen LogP contribution in [0, 0.1) is 5.92 Å². The predicted molar refractivity (Wildman–Crippen MR) is 97.1 cm³/mol. The first kappa shape index (κ1) is 23.9. The van der Waals surface area contributed by atoms with E-state index in [0.717, 1.165) is 5.56 Å². The Morgan fingerprint density at radius 3 is 2.00 bits per heavy atom. The van der Waals surface area contributed by atoms with E-state index in [0.29, 0.717) is 13.0 Å². The first-order valence-corrected chi connectivity index (χ1v) is 8.60. The Labute approximate surface area is 158 Å². The van der Waals surface area contributed by atoms with Gasteiger partial charge in [-0.3, -0.25) is 9.63 Å². The highest BCUT2D eigenvalue weighted by Gasteiger charge is 2.50. The first-order valence-electron chi connectivity index (χ1n) is 8.22. The van der Waals surface area contributed by atoms with Crippen LogP contribution in [-0.4, -0.2) is 36.4 Å². The molecule has 1 aromatic rings. The number of hydrogen-bond donors (Lipinski definition) is 1. The Morgan fingerprint density at radius 2 is 1.62 bits per heavy atom. The van der Waals surface area contributed by atoms with Gasteiger partial charge in [0.2, 0.25) is 11.3 Å². The van der Waals surface area contributed by atoms with Crippen molar-refractivity contribution in [1.29, 1.82) is 0 Å².